The smallest absolute Gasteiger partial charge is 0.248 e. The molecule has 0 unspecified atom stereocenters. The zero-order valence-corrected chi connectivity index (χ0v) is 6.75. The van der Waals surface area contributed by atoms with Crippen LogP contribution in [0.1, 0.15) is 6.42 Å². The van der Waals surface area contributed by atoms with E-state index in [1.54, 1.807) is 11.9 Å². The molecule has 4 nitrogen and oxygen atoms in total. The highest BCUT2D eigenvalue weighted by atomic mass is 16.5. The summed E-state index contributed by atoms with van der Waals surface area (Å²) in [5, 5.41) is 0. The molecule has 4 heteroatoms. The van der Waals surface area contributed by atoms with Gasteiger partial charge in [-0.15, -0.1) is 0 Å². The molecule has 0 aromatic heterocycles. The fourth-order valence-corrected chi connectivity index (χ4v) is 1.12. The van der Waals surface area contributed by atoms with E-state index < -0.39 is 0 Å². The molecule has 0 radical (unpaired) electrons. The molecule has 0 aromatic rings. The first kappa shape index (κ1) is 8.49. The summed E-state index contributed by atoms with van der Waals surface area (Å²) in [6.45, 7) is 1.50. The van der Waals surface area contributed by atoms with E-state index in [-0.39, 0.29) is 18.6 Å². The van der Waals surface area contributed by atoms with Crippen molar-refractivity contribution in [1.29, 1.82) is 0 Å². The Morgan fingerprint density at radius 3 is 3.09 bits per heavy atom. The maximum Gasteiger partial charge on any atom is 0.248 e. The van der Waals surface area contributed by atoms with Crippen LogP contribution in [0.4, 0.5) is 0 Å². The Morgan fingerprint density at radius 1 is 1.82 bits per heavy atom. The molecule has 1 heterocycles. The summed E-state index contributed by atoms with van der Waals surface area (Å²) in [6.07, 6.45) is 0.972. The third kappa shape index (κ3) is 2.17. The number of hydrogen-bond donors (Lipinski definition) is 1. The van der Waals surface area contributed by atoms with Gasteiger partial charge in [-0.3, -0.25) is 4.79 Å². The number of morpholine rings is 1. The van der Waals surface area contributed by atoms with Crippen molar-refractivity contribution in [1.82, 2.24) is 4.90 Å². The summed E-state index contributed by atoms with van der Waals surface area (Å²) in [6, 6.07) is 0. The SMILES string of the molecule is CN1C[C@H](CCN)OCC1=O. The van der Waals surface area contributed by atoms with Gasteiger partial charge in [0.2, 0.25) is 5.91 Å². The van der Waals surface area contributed by atoms with Gasteiger partial charge in [0, 0.05) is 13.6 Å². The lowest BCUT2D eigenvalue weighted by Crippen LogP contribution is -2.44. The van der Waals surface area contributed by atoms with E-state index >= 15 is 0 Å². The highest BCUT2D eigenvalue weighted by Gasteiger charge is 2.22. The lowest BCUT2D eigenvalue weighted by atomic mass is 10.2. The number of rotatable bonds is 2. The molecule has 64 valence electrons. The van der Waals surface area contributed by atoms with E-state index in [0.29, 0.717) is 13.1 Å². The Kier molecular flexibility index (Phi) is 2.84. The second-order valence-electron chi connectivity index (χ2n) is 2.78. The van der Waals surface area contributed by atoms with Crippen molar-refractivity contribution in [2.45, 2.75) is 12.5 Å². The van der Waals surface area contributed by atoms with Gasteiger partial charge in [-0.25, -0.2) is 0 Å². The average molecular weight is 158 g/mol. The number of nitrogens with two attached hydrogens (primary N) is 1. The third-order valence-electron chi connectivity index (χ3n) is 1.83. The van der Waals surface area contributed by atoms with Gasteiger partial charge in [-0.05, 0) is 13.0 Å². The summed E-state index contributed by atoms with van der Waals surface area (Å²) in [5.74, 6) is 0.0540. The number of likely N-dealkylation sites (N-methyl/N-ethyl adjacent to an activating group) is 1. The summed E-state index contributed by atoms with van der Waals surface area (Å²) in [7, 11) is 1.79. The van der Waals surface area contributed by atoms with Crippen LogP contribution in [0.3, 0.4) is 0 Å². The summed E-state index contributed by atoms with van der Waals surface area (Å²) in [4.78, 5) is 12.6. The maximum absolute atomic E-state index is 10.9. The van der Waals surface area contributed by atoms with Crippen molar-refractivity contribution in [3.8, 4) is 0 Å². The number of ether oxygens (including phenoxy) is 1. The largest absolute Gasteiger partial charge is 0.367 e. The van der Waals surface area contributed by atoms with E-state index in [4.69, 9.17) is 10.5 Å². The average Bonchev–Trinajstić information content (AvgIpc) is 1.98. The molecule has 1 aliphatic heterocycles. The van der Waals surface area contributed by atoms with Gasteiger partial charge < -0.3 is 15.4 Å². The monoisotopic (exact) mass is 158 g/mol. The molecule has 0 aromatic carbocycles. The fraction of sp³-hybridized carbons (Fsp3) is 0.857. The number of hydrogen-bond acceptors (Lipinski definition) is 3. The predicted molar refractivity (Wildman–Crippen MR) is 41.0 cm³/mol. The van der Waals surface area contributed by atoms with E-state index in [9.17, 15) is 4.79 Å². The predicted octanol–water partition coefficient (Wildman–Crippen LogP) is -0.808. The van der Waals surface area contributed by atoms with Crippen LogP contribution in [-0.2, 0) is 9.53 Å². The van der Waals surface area contributed by atoms with Gasteiger partial charge in [-0.1, -0.05) is 0 Å². The van der Waals surface area contributed by atoms with E-state index in [0.717, 1.165) is 6.42 Å². The van der Waals surface area contributed by atoms with E-state index in [1.807, 2.05) is 0 Å². The molecule has 1 aliphatic rings. The van der Waals surface area contributed by atoms with Crippen molar-refractivity contribution in [2.75, 3.05) is 26.7 Å². The van der Waals surface area contributed by atoms with Crippen molar-refractivity contribution in [3.63, 3.8) is 0 Å². The Hall–Kier alpha value is -0.610. The minimum atomic E-state index is 0.0540. The minimum absolute atomic E-state index is 0.0540. The van der Waals surface area contributed by atoms with Crippen LogP contribution in [0, 0.1) is 0 Å². The molecule has 1 atom stereocenters. The van der Waals surface area contributed by atoms with E-state index in [1.165, 1.54) is 0 Å². The van der Waals surface area contributed by atoms with Crippen LogP contribution in [-0.4, -0.2) is 43.7 Å². The zero-order chi connectivity index (χ0) is 8.27. The lowest BCUT2D eigenvalue weighted by molar-refractivity contribution is -0.146. The fourth-order valence-electron chi connectivity index (χ4n) is 1.12. The molecule has 0 spiro atoms. The highest BCUT2D eigenvalue weighted by Crippen LogP contribution is 2.06. The van der Waals surface area contributed by atoms with Gasteiger partial charge in [0.25, 0.3) is 0 Å². The van der Waals surface area contributed by atoms with Crippen LogP contribution in [0.15, 0.2) is 0 Å². The molecular formula is C7H14N2O2. The van der Waals surface area contributed by atoms with Crippen LogP contribution >= 0.6 is 0 Å². The highest BCUT2D eigenvalue weighted by molar-refractivity contribution is 5.77. The first-order chi connectivity index (χ1) is 5.24. The van der Waals surface area contributed by atoms with Crippen LogP contribution in [0.5, 0.6) is 0 Å². The van der Waals surface area contributed by atoms with Crippen LogP contribution < -0.4 is 5.73 Å². The summed E-state index contributed by atoms with van der Waals surface area (Å²) < 4.78 is 5.23. The van der Waals surface area contributed by atoms with Crippen molar-refractivity contribution in [3.05, 3.63) is 0 Å². The maximum atomic E-state index is 10.9. The summed E-state index contributed by atoms with van der Waals surface area (Å²) in [5.41, 5.74) is 5.36. The van der Waals surface area contributed by atoms with E-state index in [2.05, 4.69) is 0 Å². The number of carbonyl (C=O) groups excluding carboxylic acids is 1. The van der Waals surface area contributed by atoms with Crippen LogP contribution in [0.25, 0.3) is 0 Å². The Balaban J connectivity index is 2.33. The second kappa shape index (κ2) is 3.69. The molecule has 0 saturated carbocycles. The Morgan fingerprint density at radius 2 is 2.55 bits per heavy atom. The molecule has 2 N–H and O–H groups in total. The standard InChI is InChI=1S/C7H14N2O2/c1-9-4-6(2-3-8)11-5-7(9)10/h6H,2-5,8H2,1H3/t6-/m0/s1. The molecule has 1 rings (SSSR count). The van der Waals surface area contributed by atoms with Gasteiger partial charge in [0.15, 0.2) is 0 Å². The molecule has 1 fully saturated rings. The lowest BCUT2D eigenvalue weighted by Gasteiger charge is -2.29. The van der Waals surface area contributed by atoms with Gasteiger partial charge in [0.05, 0.1) is 6.10 Å². The first-order valence-electron chi connectivity index (χ1n) is 3.79. The summed E-state index contributed by atoms with van der Waals surface area (Å²) >= 11 is 0. The zero-order valence-electron chi connectivity index (χ0n) is 6.75. The Bertz CT molecular complexity index is 149. The van der Waals surface area contributed by atoms with Crippen molar-refractivity contribution < 1.29 is 9.53 Å². The second-order valence-corrected chi connectivity index (χ2v) is 2.78. The van der Waals surface area contributed by atoms with Crippen LogP contribution in [0.2, 0.25) is 0 Å². The van der Waals surface area contributed by atoms with Crippen molar-refractivity contribution in [2.24, 2.45) is 5.73 Å². The first-order valence-corrected chi connectivity index (χ1v) is 3.79. The molecular weight excluding hydrogens is 144 g/mol. The normalized spacial score (nSPS) is 25.8. The minimum Gasteiger partial charge on any atom is -0.367 e. The quantitative estimate of drug-likeness (QED) is 0.572. The Labute approximate surface area is 66.3 Å². The molecule has 1 amide bonds. The van der Waals surface area contributed by atoms with Gasteiger partial charge in [-0.2, -0.15) is 0 Å². The number of nitrogens with zero attached hydrogens (tertiary/aromatic N) is 1. The topological polar surface area (TPSA) is 55.6 Å². The molecule has 0 aliphatic carbocycles. The number of carbonyl (C=O) groups is 1. The third-order valence-corrected chi connectivity index (χ3v) is 1.83. The van der Waals surface area contributed by atoms with Crippen molar-refractivity contribution >= 4 is 5.91 Å². The number of amides is 1. The molecule has 11 heavy (non-hydrogen) atoms. The molecule has 1 saturated heterocycles. The van der Waals surface area contributed by atoms with Gasteiger partial charge >= 0.3 is 0 Å². The van der Waals surface area contributed by atoms with Gasteiger partial charge in [0.1, 0.15) is 6.61 Å². The molecule has 0 bridgehead atoms.